The van der Waals surface area contributed by atoms with Gasteiger partial charge >= 0.3 is 0 Å². The minimum atomic E-state index is 0.906. The first kappa shape index (κ1) is 13.4. The lowest BCUT2D eigenvalue weighted by Gasteiger charge is -2.20. The summed E-state index contributed by atoms with van der Waals surface area (Å²) in [6.07, 6.45) is 4.26. The van der Waals surface area contributed by atoms with Gasteiger partial charge in [0.25, 0.3) is 0 Å². The standard InChI is InChI=1S/C14H24N4/c1-4-5-12-11-6-8-15-10-13(11)17-14(16-12)7-9-18(2)3/h15H,4-10H2,1-3H3. The fourth-order valence-electron chi connectivity index (χ4n) is 2.37. The van der Waals surface area contributed by atoms with E-state index < -0.39 is 0 Å². The summed E-state index contributed by atoms with van der Waals surface area (Å²) in [6, 6.07) is 0. The largest absolute Gasteiger partial charge is 0.311 e. The molecule has 2 rings (SSSR count). The molecule has 0 fully saturated rings. The predicted molar refractivity (Wildman–Crippen MR) is 73.7 cm³/mol. The van der Waals surface area contributed by atoms with E-state index in [0.29, 0.717) is 0 Å². The molecule has 2 heterocycles. The summed E-state index contributed by atoms with van der Waals surface area (Å²) >= 11 is 0. The van der Waals surface area contributed by atoms with Crippen LogP contribution >= 0.6 is 0 Å². The smallest absolute Gasteiger partial charge is 0.130 e. The molecule has 0 aliphatic carbocycles. The number of nitrogens with one attached hydrogen (secondary N) is 1. The molecular formula is C14H24N4. The lowest BCUT2D eigenvalue weighted by molar-refractivity contribution is 0.408. The average Bonchev–Trinajstić information content (AvgIpc) is 2.37. The molecule has 0 atom stereocenters. The molecule has 1 aromatic rings. The third-order valence-electron chi connectivity index (χ3n) is 3.34. The van der Waals surface area contributed by atoms with Gasteiger partial charge in [-0.25, -0.2) is 9.97 Å². The van der Waals surface area contributed by atoms with Gasteiger partial charge in [-0.2, -0.15) is 0 Å². The monoisotopic (exact) mass is 248 g/mol. The number of aromatic nitrogens is 2. The number of nitrogens with zero attached hydrogens (tertiary/aromatic N) is 3. The molecule has 0 spiro atoms. The van der Waals surface area contributed by atoms with Gasteiger partial charge in [-0.1, -0.05) is 13.3 Å². The molecule has 0 aromatic carbocycles. The van der Waals surface area contributed by atoms with Gasteiger partial charge in [-0.15, -0.1) is 0 Å². The Hall–Kier alpha value is -1.00. The summed E-state index contributed by atoms with van der Waals surface area (Å²) in [7, 11) is 4.18. The molecule has 0 radical (unpaired) electrons. The second-order valence-electron chi connectivity index (χ2n) is 5.24. The Morgan fingerprint density at radius 2 is 2.06 bits per heavy atom. The van der Waals surface area contributed by atoms with Crippen LogP contribution in [0.3, 0.4) is 0 Å². The molecule has 1 N–H and O–H groups in total. The summed E-state index contributed by atoms with van der Waals surface area (Å²) in [5.41, 5.74) is 3.93. The molecule has 100 valence electrons. The molecule has 0 amide bonds. The van der Waals surface area contributed by atoms with E-state index in [2.05, 4.69) is 31.2 Å². The number of rotatable bonds is 5. The van der Waals surface area contributed by atoms with Crippen molar-refractivity contribution >= 4 is 0 Å². The maximum absolute atomic E-state index is 4.78. The number of fused-ring (bicyclic) bond motifs is 1. The highest BCUT2D eigenvalue weighted by Crippen LogP contribution is 2.17. The van der Waals surface area contributed by atoms with Crippen LogP contribution in [0.2, 0.25) is 0 Å². The molecule has 4 nitrogen and oxygen atoms in total. The van der Waals surface area contributed by atoms with Crippen LogP contribution in [0.5, 0.6) is 0 Å². The zero-order valence-corrected chi connectivity index (χ0v) is 11.8. The Labute approximate surface area is 110 Å². The predicted octanol–water partition coefficient (Wildman–Crippen LogP) is 1.18. The van der Waals surface area contributed by atoms with E-state index in [1.165, 1.54) is 17.0 Å². The van der Waals surface area contributed by atoms with Gasteiger partial charge in [-0.05, 0) is 39.0 Å². The van der Waals surface area contributed by atoms with Crippen LogP contribution in [0.4, 0.5) is 0 Å². The van der Waals surface area contributed by atoms with E-state index >= 15 is 0 Å². The minimum absolute atomic E-state index is 0.906. The highest BCUT2D eigenvalue weighted by atomic mass is 15.1. The highest BCUT2D eigenvalue weighted by molar-refractivity contribution is 5.28. The minimum Gasteiger partial charge on any atom is -0.311 e. The number of hydrogen-bond donors (Lipinski definition) is 1. The van der Waals surface area contributed by atoms with Crippen molar-refractivity contribution in [2.45, 2.75) is 39.2 Å². The van der Waals surface area contributed by atoms with Crippen molar-refractivity contribution in [2.24, 2.45) is 0 Å². The van der Waals surface area contributed by atoms with Crippen LogP contribution in [-0.4, -0.2) is 42.1 Å². The maximum atomic E-state index is 4.78. The van der Waals surface area contributed by atoms with Crippen LogP contribution in [0.1, 0.15) is 36.1 Å². The molecule has 0 saturated heterocycles. The van der Waals surface area contributed by atoms with Crippen molar-refractivity contribution in [3.05, 3.63) is 22.8 Å². The normalized spacial score (nSPS) is 14.9. The van der Waals surface area contributed by atoms with Crippen LogP contribution < -0.4 is 5.32 Å². The quantitative estimate of drug-likeness (QED) is 0.849. The molecule has 4 heteroatoms. The van der Waals surface area contributed by atoms with E-state index in [4.69, 9.17) is 9.97 Å². The van der Waals surface area contributed by atoms with Gasteiger partial charge in [0.15, 0.2) is 0 Å². The summed E-state index contributed by atoms with van der Waals surface area (Å²) in [4.78, 5) is 11.7. The summed E-state index contributed by atoms with van der Waals surface area (Å²) < 4.78 is 0. The second-order valence-corrected chi connectivity index (χ2v) is 5.24. The number of likely N-dealkylation sites (N-methyl/N-ethyl adjacent to an activating group) is 1. The molecule has 18 heavy (non-hydrogen) atoms. The first-order valence-electron chi connectivity index (χ1n) is 6.93. The topological polar surface area (TPSA) is 41.1 Å². The number of aryl methyl sites for hydroxylation is 1. The summed E-state index contributed by atoms with van der Waals surface area (Å²) in [6.45, 7) is 5.19. The van der Waals surface area contributed by atoms with E-state index in [1.54, 1.807) is 0 Å². The fraction of sp³-hybridized carbons (Fsp3) is 0.714. The highest BCUT2D eigenvalue weighted by Gasteiger charge is 2.16. The zero-order chi connectivity index (χ0) is 13.0. The van der Waals surface area contributed by atoms with Crippen molar-refractivity contribution in [1.29, 1.82) is 0 Å². The van der Waals surface area contributed by atoms with Crippen molar-refractivity contribution < 1.29 is 0 Å². The Bertz CT molecular complexity index is 401. The van der Waals surface area contributed by atoms with E-state index in [-0.39, 0.29) is 0 Å². The van der Waals surface area contributed by atoms with Crippen molar-refractivity contribution in [3.63, 3.8) is 0 Å². The Morgan fingerprint density at radius 1 is 1.22 bits per heavy atom. The third-order valence-corrected chi connectivity index (χ3v) is 3.34. The van der Waals surface area contributed by atoms with Gasteiger partial charge < -0.3 is 10.2 Å². The van der Waals surface area contributed by atoms with Crippen molar-refractivity contribution in [2.75, 3.05) is 27.2 Å². The molecule has 0 bridgehead atoms. The Balaban J connectivity index is 2.23. The van der Waals surface area contributed by atoms with Crippen LogP contribution in [-0.2, 0) is 25.8 Å². The molecule has 1 aromatic heterocycles. The van der Waals surface area contributed by atoms with E-state index in [1.807, 2.05) is 0 Å². The van der Waals surface area contributed by atoms with Gasteiger partial charge in [0.05, 0.1) is 5.69 Å². The average molecular weight is 248 g/mol. The van der Waals surface area contributed by atoms with E-state index in [0.717, 1.165) is 51.1 Å². The first-order valence-corrected chi connectivity index (χ1v) is 6.93. The zero-order valence-electron chi connectivity index (χ0n) is 11.8. The van der Waals surface area contributed by atoms with Gasteiger partial charge in [-0.3, -0.25) is 0 Å². The SMILES string of the molecule is CCCc1nc(CCN(C)C)nc2c1CCNC2. The molecular weight excluding hydrogens is 224 g/mol. The lowest BCUT2D eigenvalue weighted by atomic mass is 10.0. The lowest BCUT2D eigenvalue weighted by Crippen LogP contribution is -2.27. The van der Waals surface area contributed by atoms with Crippen LogP contribution in [0.15, 0.2) is 0 Å². The molecule has 0 unspecified atom stereocenters. The maximum Gasteiger partial charge on any atom is 0.130 e. The van der Waals surface area contributed by atoms with Crippen LogP contribution in [0.25, 0.3) is 0 Å². The Morgan fingerprint density at radius 3 is 2.78 bits per heavy atom. The summed E-state index contributed by atoms with van der Waals surface area (Å²) in [5.74, 6) is 1.01. The van der Waals surface area contributed by atoms with Gasteiger partial charge in [0, 0.05) is 25.2 Å². The van der Waals surface area contributed by atoms with Gasteiger partial charge in [0.2, 0.25) is 0 Å². The first-order chi connectivity index (χ1) is 8.70. The fourth-order valence-corrected chi connectivity index (χ4v) is 2.37. The van der Waals surface area contributed by atoms with Crippen LogP contribution in [0, 0.1) is 0 Å². The molecule has 1 aliphatic heterocycles. The van der Waals surface area contributed by atoms with E-state index in [9.17, 15) is 0 Å². The third kappa shape index (κ3) is 3.27. The second kappa shape index (κ2) is 6.25. The molecule has 1 aliphatic rings. The van der Waals surface area contributed by atoms with Crippen molar-refractivity contribution in [3.8, 4) is 0 Å². The molecule has 0 saturated carbocycles. The van der Waals surface area contributed by atoms with Gasteiger partial charge in [0.1, 0.15) is 5.82 Å². The Kier molecular flexibility index (Phi) is 4.66. The number of hydrogen-bond acceptors (Lipinski definition) is 4. The summed E-state index contributed by atoms with van der Waals surface area (Å²) in [5, 5.41) is 3.40. The van der Waals surface area contributed by atoms with Crippen molar-refractivity contribution in [1.82, 2.24) is 20.2 Å².